The second kappa shape index (κ2) is 63.4. The van der Waals surface area contributed by atoms with Gasteiger partial charge < -0.3 is 20.3 Å². The molecule has 0 bridgehead atoms. The van der Waals surface area contributed by atoms with E-state index in [1.54, 1.807) is 6.08 Å². The van der Waals surface area contributed by atoms with Gasteiger partial charge in [0.05, 0.1) is 25.4 Å². The molecule has 0 aliphatic heterocycles. The SMILES string of the molecule is CCCCCCC/C=C\CCCCCCCC(=O)OCC/C=C\C/C=C\CCCCCCCCCCCCCCCCC(=O)NC(CO)C(O)/C=C/CCCCCCCCCCCCCCCCCCCCCC. The molecule has 2 unspecified atom stereocenters. The third-order valence-corrected chi connectivity index (χ3v) is 15.1. The van der Waals surface area contributed by atoms with Crippen LogP contribution in [0.25, 0.3) is 0 Å². The lowest BCUT2D eigenvalue weighted by atomic mass is 10.0. The molecule has 0 aliphatic carbocycles. The van der Waals surface area contributed by atoms with Crippen LogP contribution in [0.15, 0.2) is 48.6 Å². The summed E-state index contributed by atoms with van der Waals surface area (Å²) in [4.78, 5) is 24.5. The second-order valence-electron chi connectivity index (χ2n) is 22.4. The fourth-order valence-electron chi connectivity index (χ4n) is 10.1. The van der Waals surface area contributed by atoms with Gasteiger partial charge in [-0.25, -0.2) is 0 Å². The lowest BCUT2D eigenvalue weighted by Gasteiger charge is -2.20. The third-order valence-electron chi connectivity index (χ3n) is 15.1. The lowest BCUT2D eigenvalue weighted by molar-refractivity contribution is -0.143. The van der Waals surface area contributed by atoms with E-state index in [2.05, 4.69) is 55.6 Å². The predicted molar refractivity (Wildman–Crippen MR) is 324 cm³/mol. The minimum atomic E-state index is -0.850. The van der Waals surface area contributed by atoms with Gasteiger partial charge >= 0.3 is 5.97 Å². The molecule has 0 spiro atoms. The van der Waals surface area contributed by atoms with E-state index in [9.17, 15) is 19.8 Å². The predicted octanol–water partition coefficient (Wildman–Crippen LogP) is 20.9. The van der Waals surface area contributed by atoms with Gasteiger partial charge in [-0.1, -0.05) is 306 Å². The molecule has 0 fully saturated rings. The van der Waals surface area contributed by atoms with E-state index in [0.717, 1.165) is 51.4 Å². The lowest BCUT2D eigenvalue weighted by Crippen LogP contribution is -2.45. The van der Waals surface area contributed by atoms with Crippen molar-refractivity contribution in [2.45, 2.75) is 360 Å². The quantitative estimate of drug-likeness (QED) is 0.0320. The molecule has 434 valence electrons. The fraction of sp³-hybridized carbons (Fsp3) is 0.853. The van der Waals surface area contributed by atoms with E-state index in [-0.39, 0.29) is 18.5 Å². The zero-order chi connectivity index (χ0) is 53.6. The van der Waals surface area contributed by atoms with Crippen LogP contribution in [0.2, 0.25) is 0 Å². The summed E-state index contributed by atoms with van der Waals surface area (Å²) in [6.45, 7) is 4.80. The maximum Gasteiger partial charge on any atom is 0.305 e. The van der Waals surface area contributed by atoms with Crippen LogP contribution in [0.5, 0.6) is 0 Å². The summed E-state index contributed by atoms with van der Waals surface area (Å²) in [5.41, 5.74) is 0. The van der Waals surface area contributed by atoms with Crippen LogP contribution in [0, 0.1) is 0 Å². The van der Waals surface area contributed by atoms with Crippen molar-refractivity contribution in [2.24, 2.45) is 0 Å². The number of ether oxygens (including phenoxy) is 1. The fourth-order valence-corrected chi connectivity index (χ4v) is 10.1. The van der Waals surface area contributed by atoms with Gasteiger partial charge in [0.25, 0.3) is 0 Å². The number of esters is 1. The first-order valence-electron chi connectivity index (χ1n) is 32.9. The molecule has 0 aromatic rings. The Hall–Kier alpha value is -2.18. The number of hydrogen-bond acceptors (Lipinski definition) is 5. The van der Waals surface area contributed by atoms with E-state index in [4.69, 9.17) is 4.74 Å². The number of aliphatic hydroxyl groups is 2. The van der Waals surface area contributed by atoms with Crippen molar-refractivity contribution < 1.29 is 24.5 Å². The zero-order valence-corrected chi connectivity index (χ0v) is 49.6. The maximum absolute atomic E-state index is 12.5. The van der Waals surface area contributed by atoms with Gasteiger partial charge in [-0.15, -0.1) is 0 Å². The molecule has 1 amide bonds. The Morgan fingerprint density at radius 2 is 0.676 bits per heavy atom. The molecule has 0 aromatic carbocycles. The summed E-state index contributed by atoms with van der Waals surface area (Å²) < 4.78 is 5.41. The average Bonchev–Trinajstić information content (AvgIpc) is 3.40. The van der Waals surface area contributed by atoms with Crippen molar-refractivity contribution in [3.63, 3.8) is 0 Å². The van der Waals surface area contributed by atoms with Gasteiger partial charge in [-0.3, -0.25) is 9.59 Å². The number of amides is 1. The Bertz CT molecular complexity index is 1240. The average molecular weight is 1040 g/mol. The van der Waals surface area contributed by atoms with Crippen LogP contribution >= 0.6 is 0 Å². The first-order chi connectivity index (χ1) is 36.5. The molecule has 0 heterocycles. The Balaban J connectivity index is 3.49. The number of unbranched alkanes of at least 4 members (excludes halogenated alkanes) is 44. The molecule has 0 saturated carbocycles. The molecule has 3 N–H and O–H groups in total. The first kappa shape index (κ1) is 71.8. The van der Waals surface area contributed by atoms with Crippen molar-refractivity contribution in [1.29, 1.82) is 0 Å². The molecule has 0 rings (SSSR count). The van der Waals surface area contributed by atoms with Crippen LogP contribution in [-0.4, -0.2) is 47.4 Å². The monoisotopic (exact) mass is 1040 g/mol. The normalized spacial score (nSPS) is 12.9. The van der Waals surface area contributed by atoms with E-state index in [0.29, 0.717) is 19.4 Å². The number of hydrogen-bond donors (Lipinski definition) is 3. The van der Waals surface area contributed by atoms with E-state index < -0.39 is 12.1 Å². The van der Waals surface area contributed by atoms with E-state index in [1.165, 1.54) is 270 Å². The number of carbonyl (C=O) groups is 2. The van der Waals surface area contributed by atoms with Gasteiger partial charge in [0.2, 0.25) is 5.91 Å². The molecule has 0 aromatic heterocycles. The summed E-state index contributed by atoms with van der Waals surface area (Å²) in [6, 6.07) is -0.634. The van der Waals surface area contributed by atoms with Gasteiger partial charge in [-0.2, -0.15) is 0 Å². The first-order valence-corrected chi connectivity index (χ1v) is 32.9. The molecule has 6 heteroatoms. The van der Waals surface area contributed by atoms with Gasteiger partial charge in [0.15, 0.2) is 0 Å². The van der Waals surface area contributed by atoms with Crippen LogP contribution in [-0.2, 0) is 14.3 Å². The number of aliphatic hydroxyl groups excluding tert-OH is 2. The topological polar surface area (TPSA) is 95.9 Å². The van der Waals surface area contributed by atoms with Crippen LogP contribution in [0.3, 0.4) is 0 Å². The summed E-state index contributed by atoms with van der Waals surface area (Å²) in [5, 5.41) is 23.2. The van der Waals surface area contributed by atoms with Crippen molar-refractivity contribution in [2.75, 3.05) is 13.2 Å². The standard InChI is InChI=1S/C68H127NO5/c1-3-5-7-9-11-13-15-17-19-20-21-22-24-27-30-33-36-40-44-48-52-56-60-66(71)65(64-70)69-67(72)61-57-53-49-45-41-37-34-31-28-25-23-26-29-32-35-39-43-47-51-55-59-63-74-68(73)62-58-54-50-46-42-38-18-16-14-12-10-8-6-4-2/h16,18,39,43,51,55-56,60,65-66,70-71H,3-15,17,19-38,40-42,44-50,52-54,57-59,61-64H2,1-2H3,(H,69,72)/b18-16-,43-39-,55-51-,60-56+. The van der Waals surface area contributed by atoms with Crippen LogP contribution in [0.4, 0.5) is 0 Å². The Morgan fingerprint density at radius 3 is 1.04 bits per heavy atom. The highest BCUT2D eigenvalue weighted by atomic mass is 16.5. The Kier molecular flexibility index (Phi) is 61.5. The van der Waals surface area contributed by atoms with Gasteiger partial charge in [0, 0.05) is 12.8 Å². The summed E-state index contributed by atoms with van der Waals surface area (Å²) >= 11 is 0. The Labute approximate surface area is 461 Å². The summed E-state index contributed by atoms with van der Waals surface area (Å²) in [7, 11) is 0. The van der Waals surface area contributed by atoms with E-state index in [1.807, 2.05) is 6.08 Å². The number of nitrogens with one attached hydrogen (secondary N) is 1. The van der Waals surface area contributed by atoms with Gasteiger partial charge in [0.1, 0.15) is 0 Å². The Morgan fingerprint density at radius 1 is 0.378 bits per heavy atom. The number of carbonyl (C=O) groups excluding carboxylic acids is 2. The highest BCUT2D eigenvalue weighted by molar-refractivity contribution is 5.76. The molecule has 0 saturated heterocycles. The molecule has 0 aliphatic rings. The smallest absolute Gasteiger partial charge is 0.305 e. The highest BCUT2D eigenvalue weighted by Crippen LogP contribution is 2.18. The van der Waals surface area contributed by atoms with Crippen LogP contribution in [0.1, 0.15) is 348 Å². The van der Waals surface area contributed by atoms with Gasteiger partial charge in [-0.05, 0) is 77.0 Å². The van der Waals surface area contributed by atoms with Crippen LogP contribution < -0.4 is 5.32 Å². The summed E-state index contributed by atoms with van der Waals surface area (Å²) in [5.74, 6) is -0.115. The number of rotatable bonds is 61. The molecular formula is C68H127NO5. The third kappa shape index (κ3) is 59.1. The summed E-state index contributed by atoms with van der Waals surface area (Å²) in [6.07, 6.45) is 81.8. The molecular weight excluding hydrogens is 911 g/mol. The minimum absolute atomic E-state index is 0.0443. The number of allylic oxidation sites excluding steroid dienone is 6. The molecule has 0 radical (unpaired) electrons. The van der Waals surface area contributed by atoms with Crippen molar-refractivity contribution in [1.82, 2.24) is 5.32 Å². The molecule has 74 heavy (non-hydrogen) atoms. The van der Waals surface area contributed by atoms with Crippen molar-refractivity contribution >= 4 is 11.9 Å². The largest absolute Gasteiger partial charge is 0.465 e. The molecule has 6 nitrogen and oxygen atoms in total. The maximum atomic E-state index is 12.5. The van der Waals surface area contributed by atoms with E-state index >= 15 is 0 Å². The van der Waals surface area contributed by atoms with Crippen molar-refractivity contribution in [3.8, 4) is 0 Å². The zero-order valence-electron chi connectivity index (χ0n) is 49.6. The minimum Gasteiger partial charge on any atom is -0.465 e. The highest BCUT2D eigenvalue weighted by Gasteiger charge is 2.18. The molecule has 2 atom stereocenters. The van der Waals surface area contributed by atoms with Crippen molar-refractivity contribution in [3.05, 3.63) is 48.6 Å². The second-order valence-corrected chi connectivity index (χ2v) is 22.4.